The largest absolute Gasteiger partial charge is 0.460 e. The Kier molecular flexibility index (Phi) is 6.07. The Morgan fingerprint density at radius 2 is 1.97 bits per heavy atom. The molecule has 0 saturated heterocycles. The third-order valence-corrected chi connectivity index (χ3v) is 5.29. The number of pyridine rings is 1. The van der Waals surface area contributed by atoms with Gasteiger partial charge in [0.15, 0.2) is 11.5 Å². The van der Waals surface area contributed by atoms with Crippen molar-refractivity contribution in [1.82, 2.24) is 15.6 Å². The van der Waals surface area contributed by atoms with Gasteiger partial charge in [0.25, 0.3) is 5.91 Å². The standard InChI is InChI=1S/C25H22N4O4/c1-14-23(25(31)28-3)19-6-5-18(10-22(19)32-14)33-24-16(11-26)12-29-21-7-4-15(9-20(21)24)8-17(30)13-27-2/h4-7,9-10,12,27H,8,13H2,1-3H3,(H,28,31). The van der Waals surface area contributed by atoms with Crippen molar-refractivity contribution in [2.75, 3.05) is 20.6 Å². The number of rotatable bonds is 7. The smallest absolute Gasteiger partial charge is 0.255 e. The number of fused-ring (bicyclic) bond motifs is 2. The van der Waals surface area contributed by atoms with E-state index in [1.54, 1.807) is 45.3 Å². The second-order valence-corrected chi connectivity index (χ2v) is 7.58. The number of likely N-dealkylation sites (N-methyl/N-ethyl adjacent to an activating group) is 1. The molecule has 33 heavy (non-hydrogen) atoms. The summed E-state index contributed by atoms with van der Waals surface area (Å²) in [5, 5.41) is 16.4. The average molecular weight is 442 g/mol. The van der Waals surface area contributed by atoms with E-state index >= 15 is 0 Å². The highest BCUT2D eigenvalue weighted by Crippen LogP contribution is 2.35. The van der Waals surface area contributed by atoms with E-state index in [0.29, 0.717) is 44.7 Å². The van der Waals surface area contributed by atoms with Crippen LogP contribution in [0.3, 0.4) is 0 Å². The van der Waals surface area contributed by atoms with E-state index in [2.05, 4.69) is 21.7 Å². The van der Waals surface area contributed by atoms with E-state index in [4.69, 9.17) is 9.15 Å². The lowest BCUT2D eigenvalue weighted by Crippen LogP contribution is -2.20. The predicted octanol–water partition coefficient (Wildman–Crippen LogP) is 3.64. The number of aromatic nitrogens is 1. The van der Waals surface area contributed by atoms with E-state index in [9.17, 15) is 14.9 Å². The third kappa shape index (κ3) is 4.27. The first-order chi connectivity index (χ1) is 15.9. The van der Waals surface area contributed by atoms with Crippen molar-refractivity contribution >= 4 is 33.6 Å². The highest BCUT2D eigenvalue weighted by molar-refractivity contribution is 6.07. The van der Waals surface area contributed by atoms with Crippen molar-refractivity contribution in [3.63, 3.8) is 0 Å². The van der Waals surface area contributed by atoms with Gasteiger partial charge in [0.2, 0.25) is 0 Å². The predicted molar refractivity (Wildman–Crippen MR) is 124 cm³/mol. The molecule has 0 unspecified atom stereocenters. The van der Waals surface area contributed by atoms with Gasteiger partial charge in [-0.1, -0.05) is 6.07 Å². The average Bonchev–Trinajstić information content (AvgIpc) is 3.14. The van der Waals surface area contributed by atoms with Crippen LogP contribution in [-0.2, 0) is 11.2 Å². The highest BCUT2D eigenvalue weighted by Gasteiger charge is 2.19. The van der Waals surface area contributed by atoms with Crippen LogP contribution in [0.25, 0.3) is 21.9 Å². The molecular weight excluding hydrogens is 420 g/mol. The lowest BCUT2D eigenvalue weighted by molar-refractivity contribution is -0.117. The van der Waals surface area contributed by atoms with Gasteiger partial charge in [-0.3, -0.25) is 14.6 Å². The van der Waals surface area contributed by atoms with Crippen LogP contribution in [0.15, 0.2) is 47.0 Å². The minimum atomic E-state index is -0.229. The summed E-state index contributed by atoms with van der Waals surface area (Å²) in [5.74, 6) is 1.12. The van der Waals surface area contributed by atoms with Crippen LogP contribution >= 0.6 is 0 Å². The molecule has 0 bridgehead atoms. The van der Waals surface area contributed by atoms with Crippen LogP contribution in [0.5, 0.6) is 11.5 Å². The second-order valence-electron chi connectivity index (χ2n) is 7.58. The minimum Gasteiger partial charge on any atom is -0.460 e. The van der Waals surface area contributed by atoms with Gasteiger partial charge in [-0.15, -0.1) is 0 Å². The SMILES string of the molecule is CNCC(=O)Cc1ccc2ncc(C#N)c(Oc3ccc4c(C(=O)NC)c(C)oc4c3)c2c1. The number of hydrogen-bond donors (Lipinski definition) is 2. The fraction of sp³-hybridized carbons (Fsp3) is 0.200. The van der Waals surface area contributed by atoms with Crippen LogP contribution in [-0.4, -0.2) is 37.3 Å². The van der Waals surface area contributed by atoms with Crippen LogP contribution in [0, 0.1) is 18.3 Å². The Morgan fingerprint density at radius 3 is 2.70 bits per heavy atom. The maximum Gasteiger partial charge on any atom is 0.255 e. The number of nitrogens with zero attached hydrogens (tertiary/aromatic N) is 2. The van der Waals surface area contributed by atoms with Gasteiger partial charge in [0.05, 0.1) is 17.6 Å². The molecule has 166 valence electrons. The number of ketones is 1. The number of hydrogen-bond acceptors (Lipinski definition) is 7. The Labute approximate surface area is 190 Å². The number of amides is 1. The minimum absolute atomic E-state index is 0.0503. The van der Waals surface area contributed by atoms with Gasteiger partial charge in [-0.25, -0.2) is 0 Å². The first-order valence-corrected chi connectivity index (χ1v) is 10.4. The molecule has 2 heterocycles. The summed E-state index contributed by atoms with van der Waals surface area (Å²) >= 11 is 0. The number of aryl methyl sites for hydroxylation is 1. The summed E-state index contributed by atoms with van der Waals surface area (Å²) in [5.41, 5.74) is 2.69. The number of Topliss-reactive ketones (excluding diaryl/α,β-unsaturated/α-hetero) is 1. The maximum atomic E-state index is 12.2. The summed E-state index contributed by atoms with van der Waals surface area (Å²) in [6, 6.07) is 12.8. The number of carbonyl (C=O) groups excluding carboxylic acids is 2. The number of nitrogens with one attached hydrogen (secondary N) is 2. The monoisotopic (exact) mass is 442 g/mol. The molecule has 2 aromatic carbocycles. The van der Waals surface area contributed by atoms with Crippen molar-refractivity contribution in [2.24, 2.45) is 0 Å². The molecular formula is C25H22N4O4. The molecule has 1 amide bonds. The summed E-state index contributed by atoms with van der Waals surface area (Å²) in [6.45, 7) is 2.00. The fourth-order valence-electron chi connectivity index (χ4n) is 3.79. The van der Waals surface area contributed by atoms with E-state index in [-0.39, 0.29) is 30.2 Å². The van der Waals surface area contributed by atoms with Gasteiger partial charge < -0.3 is 19.8 Å². The lowest BCUT2D eigenvalue weighted by Gasteiger charge is -2.12. The molecule has 0 saturated carbocycles. The van der Waals surface area contributed by atoms with Crippen molar-refractivity contribution < 1.29 is 18.7 Å². The molecule has 2 N–H and O–H groups in total. The zero-order valence-electron chi connectivity index (χ0n) is 18.5. The molecule has 0 aliphatic carbocycles. The Hall–Kier alpha value is -4.22. The van der Waals surface area contributed by atoms with E-state index in [1.807, 2.05) is 12.1 Å². The van der Waals surface area contributed by atoms with Gasteiger partial charge in [-0.05, 0) is 43.8 Å². The van der Waals surface area contributed by atoms with Gasteiger partial charge in [0, 0.05) is 36.5 Å². The van der Waals surface area contributed by atoms with Gasteiger partial charge >= 0.3 is 0 Å². The third-order valence-electron chi connectivity index (χ3n) is 5.29. The normalized spacial score (nSPS) is 10.8. The highest BCUT2D eigenvalue weighted by atomic mass is 16.5. The van der Waals surface area contributed by atoms with E-state index in [0.717, 1.165) is 5.56 Å². The molecule has 0 atom stereocenters. The molecule has 4 aromatic rings. The van der Waals surface area contributed by atoms with E-state index in [1.165, 1.54) is 6.20 Å². The molecule has 0 aliphatic rings. The number of benzene rings is 2. The Morgan fingerprint density at radius 1 is 1.15 bits per heavy atom. The van der Waals surface area contributed by atoms with Crippen LogP contribution in [0.1, 0.15) is 27.2 Å². The van der Waals surface area contributed by atoms with Crippen molar-refractivity contribution in [2.45, 2.75) is 13.3 Å². The molecule has 0 spiro atoms. The summed E-state index contributed by atoms with van der Waals surface area (Å²) in [4.78, 5) is 28.6. The quantitative estimate of drug-likeness (QED) is 0.449. The molecule has 0 radical (unpaired) electrons. The van der Waals surface area contributed by atoms with Crippen LogP contribution in [0.4, 0.5) is 0 Å². The Bertz CT molecular complexity index is 1430. The van der Waals surface area contributed by atoms with Gasteiger partial charge in [-0.2, -0.15) is 5.26 Å². The number of ether oxygens (including phenoxy) is 1. The Balaban J connectivity index is 1.77. The van der Waals surface area contributed by atoms with Crippen molar-refractivity contribution in [1.29, 1.82) is 5.26 Å². The first-order valence-electron chi connectivity index (χ1n) is 10.4. The topological polar surface area (TPSA) is 117 Å². The zero-order chi connectivity index (χ0) is 23.5. The number of carbonyl (C=O) groups is 2. The van der Waals surface area contributed by atoms with Crippen LogP contribution < -0.4 is 15.4 Å². The number of furan rings is 1. The molecule has 8 nitrogen and oxygen atoms in total. The van der Waals surface area contributed by atoms with Gasteiger partial charge in [0.1, 0.15) is 28.7 Å². The van der Waals surface area contributed by atoms with Crippen LogP contribution in [0.2, 0.25) is 0 Å². The summed E-state index contributed by atoms with van der Waals surface area (Å²) < 4.78 is 11.9. The molecule has 0 fully saturated rings. The second kappa shape index (κ2) is 9.10. The number of nitriles is 1. The molecule has 0 aliphatic heterocycles. The summed E-state index contributed by atoms with van der Waals surface area (Å²) in [6.07, 6.45) is 1.72. The van der Waals surface area contributed by atoms with E-state index < -0.39 is 0 Å². The fourth-order valence-corrected chi connectivity index (χ4v) is 3.79. The van der Waals surface area contributed by atoms with Crippen molar-refractivity contribution in [3.05, 3.63) is 65.0 Å². The zero-order valence-corrected chi connectivity index (χ0v) is 18.5. The van der Waals surface area contributed by atoms with Crippen molar-refractivity contribution in [3.8, 4) is 17.6 Å². The maximum absolute atomic E-state index is 12.2. The first kappa shape index (κ1) is 22.0. The molecule has 8 heteroatoms. The summed E-state index contributed by atoms with van der Waals surface area (Å²) in [7, 11) is 3.29. The molecule has 4 rings (SSSR count). The molecule has 2 aromatic heterocycles. The lowest BCUT2D eigenvalue weighted by atomic mass is 10.0.